The highest BCUT2D eigenvalue weighted by atomic mass is 19.1. The molecule has 1 fully saturated rings. The summed E-state index contributed by atoms with van der Waals surface area (Å²) >= 11 is 0. The number of nitrogens with zero attached hydrogens (tertiary/aromatic N) is 5. The summed E-state index contributed by atoms with van der Waals surface area (Å²) in [5, 5.41) is 7.22. The summed E-state index contributed by atoms with van der Waals surface area (Å²) in [5.74, 6) is -0.946. The quantitative estimate of drug-likeness (QED) is 0.506. The van der Waals surface area contributed by atoms with Gasteiger partial charge in [-0.2, -0.15) is 5.10 Å². The average Bonchev–Trinajstić information content (AvgIpc) is 3.46. The number of nitrogens with one attached hydrogen (secondary N) is 1. The summed E-state index contributed by atoms with van der Waals surface area (Å²) < 4.78 is 21.0. The van der Waals surface area contributed by atoms with Crippen LogP contribution < -0.4 is 5.32 Å². The van der Waals surface area contributed by atoms with Gasteiger partial charge in [-0.25, -0.2) is 4.39 Å². The number of rotatable bonds is 9. The van der Waals surface area contributed by atoms with Crippen molar-refractivity contribution < 1.29 is 18.7 Å². The normalized spacial score (nSPS) is 17.9. The molecule has 0 unspecified atom stereocenters. The first-order valence-electron chi connectivity index (χ1n) is 11.4. The molecule has 0 radical (unpaired) electrons. The number of likely N-dealkylation sites (N-methyl/N-ethyl adjacent to an activating group) is 1. The van der Waals surface area contributed by atoms with Crippen LogP contribution in [0.5, 0.6) is 0 Å². The van der Waals surface area contributed by atoms with Crippen LogP contribution in [0.4, 0.5) is 10.1 Å². The van der Waals surface area contributed by atoms with Gasteiger partial charge in [0.1, 0.15) is 12.4 Å². The van der Waals surface area contributed by atoms with Gasteiger partial charge in [-0.15, -0.1) is 0 Å². The Morgan fingerprint density at radius 2 is 2.09 bits per heavy atom. The van der Waals surface area contributed by atoms with E-state index in [1.54, 1.807) is 38.8 Å². The van der Waals surface area contributed by atoms with Gasteiger partial charge in [-0.3, -0.25) is 24.2 Å². The van der Waals surface area contributed by atoms with Crippen LogP contribution in [0, 0.1) is 5.82 Å². The number of carbonyl (C=O) groups excluding carboxylic acids is 2. The SMILES string of the molecule is CN(C)C(=O)COC[C@@H]1C[C@H](n2cc(NC(=O)c3cccc(F)c3)cn2)CN1Cc1ccccn1. The van der Waals surface area contributed by atoms with E-state index in [4.69, 9.17) is 4.74 Å². The molecule has 1 aliphatic rings. The van der Waals surface area contributed by atoms with Crippen molar-refractivity contribution in [3.8, 4) is 0 Å². The molecule has 4 rings (SSSR count). The van der Waals surface area contributed by atoms with E-state index >= 15 is 0 Å². The Morgan fingerprint density at radius 1 is 1.23 bits per heavy atom. The zero-order valence-electron chi connectivity index (χ0n) is 19.8. The highest BCUT2D eigenvalue weighted by Crippen LogP contribution is 2.29. The van der Waals surface area contributed by atoms with Crippen LogP contribution in [0.25, 0.3) is 0 Å². The third-order valence-electron chi connectivity index (χ3n) is 5.95. The Hall–Kier alpha value is -3.63. The highest BCUT2D eigenvalue weighted by Gasteiger charge is 2.34. The molecule has 3 heterocycles. The third-order valence-corrected chi connectivity index (χ3v) is 5.95. The van der Waals surface area contributed by atoms with E-state index in [1.165, 1.54) is 23.1 Å². The van der Waals surface area contributed by atoms with E-state index in [9.17, 15) is 14.0 Å². The summed E-state index contributed by atoms with van der Waals surface area (Å²) in [7, 11) is 3.40. The van der Waals surface area contributed by atoms with Crippen molar-refractivity contribution in [1.82, 2.24) is 24.6 Å². The number of halogens is 1. The van der Waals surface area contributed by atoms with Crippen LogP contribution in [0.3, 0.4) is 0 Å². The Bertz CT molecular complexity index is 1150. The zero-order valence-corrected chi connectivity index (χ0v) is 19.8. The molecule has 184 valence electrons. The van der Waals surface area contributed by atoms with Crippen molar-refractivity contribution in [2.45, 2.75) is 25.0 Å². The molecule has 2 aromatic heterocycles. The van der Waals surface area contributed by atoms with Gasteiger partial charge in [0.25, 0.3) is 5.91 Å². The maximum Gasteiger partial charge on any atom is 0.255 e. The first-order valence-corrected chi connectivity index (χ1v) is 11.4. The maximum absolute atomic E-state index is 13.4. The number of amides is 2. The van der Waals surface area contributed by atoms with Crippen molar-refractivity contribution >= 4 is 17.5 Å². The van der Waals surface area contributed by atoms with Gasteiger partial charge in [-0.05, 0) is 36.8 Å². The molecule has 9 nitrogen and oxygen atoms in total. The fraction of sp³-hybridized carbons (Fsp3) is 0.360. The number of ether oxygens (including phenoxy) is 1. The lowest BCUT2D eigenvalue weighted by Crippen LogP contribution is -2.35. The molecule has 1 aliphatic heterocycles. The molecule has 1 N–H and O–H groups in total. The minimum atomic E-state index is -0.465. The van der Waals surface area contributed by atoms with Gasteiger partial charge in [0, 0.05) is 51.2 Å². The molecule has 0 saturated carbocycles. The van der Waals surface area contributed by atoms with Crippen molar-refractivity contribution in [2.75, 3.05) is 39.2 Å². The summed E-state index contributed by atoms with van der Waals surface area (Å²) in [5.41, 5.74) is 1.72. The van der Waals surface area contributed by atoms with Crippen molar-refractivity contribution in [2.24, 2.45) is 0 Å². The van der Waals surface area contributed by atoms with Crippen LogP contribution in [-0.2, 0) is 16.1 Å². The van der Waals surface area contributed by atoms with E-state index in [0.717, 1.165) is 12.1 Å². The number of pyridine rings is 1. The highest BCUT2D eigenvalue weighted by molar-refractivity contribution is 6.04. The largest absolute Gasteiger partial charge is 0.370 e. The number of aromatic nitrogens is 3. The van der Waals surface area contributed by atoms with Gasteiger partial charge in [0.05, 0.1) is 30.2 Å². The fourth-order valence-electron chi connectivity index (χ4n) is 4.06. The van der Waals surface area contributed by atoms with Crippen LogP contribution in [0.2, 0.25) is 0 Å². The molecule has 1 saturated heterocycles. The summed E-state index contributed by atoms with van der Waals surface area (Å²) in [6.07, 6.45) is 5.90. The molecule has 3 aromatic rings. The number of carbonyl (C=O) groups is 2. The topological polar surface area (TPSA) is 92.6 Å². The molecule has 2 atom stereocenters. The van der Waals surface area contributed by atoms with E-state index in [2.05, 4.69) is 20.3 Å². The Labute approximate surface area is 203 Å². The first kappa shape index (κ1) is 24.5. The lowest BCUT2D eigenvalue weighted by molar-refractivity contribution is -0.134. The molecule has 2 amide bonds. The smallest absolute Gasteiger partial charge is 0.255 e. The van der Waals surface area contributed by atoms with E-state index in [-0.39, 0.29) is 30.2 Å². The van der Waals surface area contributed by atoms with Gasteiger partial charge in [-0.1, -0.05) is 12.1 Å². The van der Waals surface area contributed by atoms with Crippen molar-refractivity contribution in [3.63, 3.8) is 0 Å². The molecular formula is C25H29FN6O3. The lowest BCUT2D eigenvalue weighted by Gasteiger charge is -2.23. The standard InChI is InChI=1S/C25H29FN6O3/c1-30(2)24(33)17-35-16-23-11-22(15-31(23)13-20-8-3-4-9-27-20)32-14-21(12-28-32)29-25(34)18-6-5-7-19(26)10-18/h3-10,12,14,22-23H,11,13,15-17H2,1-2H3,(H,29,34)/t22-,23-/m0/s1. The second-order valence-corrected chi connectivity index (χ2v) is 8.77. The number of hydrogen-bond acceptors (Lipinski definition) is 6. The predicted molar refractivity (Wildman–Crippen MR) is 128 cm³/mol. The molecule has 0 spiro atoms. The number of anilines is 1. The average molecular weight is 481 g/mol. The third kappa shape index (κ3) is 6.49. The van der Waals surface area contributed by atoms with Gasteiger partial charge in [0.2, 0.25) is 5.91 Å². The Morgan fingerprint density at radius 3 is 2.83 bits per heavy atom. The minimum absolute atomic E-state index is 0.0314. The Balaban J connectivity index is 1.41. The Kier molecular flexibility index (Phi) is 7.84. The predicted octanol–water partition coefficient (Wildman–Crippen LogP) is 2.59. The van der Waals surface area contributed by atoms with E-state index in [0.29, 0.717) is 25.4 Å². The zero-order chi connectivity index (χ0) is 24.8. The molecule has 0 aliphatic carbocycles. The molecular weight excluding hydrogens is 451 g/mol. The van der Waals surface area contributed by atoms with Gasteiger partial charge < -0.3 is 15.0 Å². The fourth-order valence-corrected chi connectivity index (χ4v) is 4.06. The van der Waals surface area contributed by atoms with Crippen LogP contribution in [0.15, 0.2) is 61.1 Å². The number of hydrogen-bond donors (Lipinski definition) is 1. The second-order valence-electron chi connectivity index (χ2n) is 8.77. The summed E-state index contributed by atoms with van der Waals surface area (Å²) in [6, 6.07) is 11.5. The second kappa shape index (κ2) is 11.2. The van der Waals surface area contributed by atoms with E-state index < -0.39 is 11.7 Å². The molecule has 10 heteroatoms. The van der Waals surface area contributed by atoms with Crippen LogP contribution in [0.1, 0.15) is 28.5 Å². The first-order chi connectivity index (χ1) is 16.9. The van der Waals surface area contributed by atoms with Crippen LogP contribution >= 0.6 is 0 Å². The van der Waals surface area contributed by atoms with Crippen LogP contribution in [-0.4, -0.2) is 76.3 Å². The summed E-state index contributed by atoms with van der Waals surface area (Å²) in [6.45, 7) is 1.81. The maximum atomic E-state index is 13.4. The summed E-state index contributed by atoms with van der Waals surface area (Å²) in [4.78, 5) is 32.6. The molecule has 35 heavy (non-hydrogen) atoms. The monoisotopic (exact) mass is 480 g/mol. The molecule has 1 aromatic carbocycles. The molecule has 0 bridgehead atoms. The van der Waals surface area contributed by atoms with Gasteiger partial charge >= 0.3 is 0 Å². The number of likely N-dealkylation sites (tertiary alicyclic amines) is 1. The van der Waals surface area contributed by atoms with Crippen molar-refractivity contribution in [1.29, 1.82) is 0 Å². The van der Waals surface area contributed by atoms with Crippen molar-refractivity contribution in [3.05, 3.63) is 78.1 Å². The minimum Gasteiger partial charge on any atom is -0.370 e. The lowest BCUT2D eigenvalue weighted by atomic mass is 10.2. The van der Waals surface area contributed by atoms with Gasteiger partial charge in [0.15, 0.2) is 0 Å². The van der Waals surface area contributed by atoms with E-state index in [1.807, 2.05) is 22.9 Å². The number of benzene rings is 1.